The third-order valence-corrected chi connectivity index (χ3v) is 5.19. The second-order valence-corrected chi connectivity index (χ2v) is 8.33. The van der Waals surface area contributed by atoms with E-state index >= 15 is 0 Å². The molecular weight excluding hydrogens is 296 g/mol. The first-order valence-electron chi connectivity index (χ1n) is 8.19. The van der Waals surface area contributed by atoms with Gasteiger partial charge in [-0.1, -0.05) is 32.4 Å². The summed E-state index contributed by atoms with van der Waals surface area (Å²) in [5.74, 6) is 0.957. The van der Waals surface area contributed by atoms with Gasteiger partial charge in [-0.05, 0) is 43.5 Å². The summed E-state index contributed by atoms with van der Waals surface area (Å²) in [7, 11) is 1.76. The molecule has 0 bridgehead atoms. The van der Waals surface area contributed by atoms with Gasteiger partial charge >= 0.3 is 0 Å². The first kappa shape index (κ1) is 15.9. The summed E-state index contributed by atoms with van der Waals surface area (Å²) in [4.78, 5) is 2.51. The second kappa shape index (κ2) is 5.61. The Hall–Kier alpha value is -0.930. The van der Waals surface area contributed by atoms with E-state index in [0.717, 1.165) is 49.8 Å². The van der Waals surface area contributed by atoms with Gasteiger partial charge in [-0.3, -0.25) is 0 Å². The molecule has 1 aromatic carbocycles. The fourth-order valence-electron chi connectivity index (χ4n) is 4.08. The van der Waals surface area contributed by atoms with Gasteiger partial charge in [-0.2, -0.15) is 0 Å². The number of hydrogen-bond donors (Lipinski definition) is 1. The zero-order chi connectivity index (χ0) is 16.0. The first-order valence-corrected chi connectivity index (χ1v) is 8.57. The van der Waals surface area contributed by atoms with Gasteiger partial charge in [-0.25, -0.2) is 0 Å². The normalized spacial score (nSPS) is 20.3. The zero-order valence-corrected chi connectivity index (χ0v) is 14.9. The van der Waals surface area contributed by atoms with E-state index in [1.807, 2.05) is 12.1 Å². The van der Waals surface area contributed by atoms with Crippen LogP contribution in [0.1, 0.15) is 39.2 Å². The minimum Gasteiger partial charge on any atom is -0.495 e. The molecule has 0 aliphatic carbocycles. The number of nitrogens with zero attached hydrogens (tertiary/aromatic N) is 1. The van der Waals surface area contributed by atoms with Crippen LogP contribution in [0.25, 0.3) is 0 Å². The molecule has 2 heterocycles. The molecule has 0 saturated carbocycles. The molecule has 122 valence electrons. The Balaban J connectivity index is 2.11. The monoisotopic (exact) mass is 322 g/mol. The highest BCUT2D eigenvalue weighted by atomic mass is 35.5. The van der Waals surface area contributed by atoms with E-state index in [1.165, 1.54) is 11.3 Å². The Morgan fingerprint density at radius 3 is 2.55 bits per heavy atom. The topological polar surface area (TPSA) is 24.5 Å². The van der Waals surface area contributed by atoms with E-state index in [-0.39, 0.29) is 10.8 Å². The van der Waals surface area contributed by atoms with Crippen LogP contribution in [-0.4, -0.2) is 33.3 Å². The van der Waals surface area contributed by atoms with Crippen molar-refractivity contribution >= 4 is 17.3 Å². The molecule has 2 aliphatic rings. The number of fused-ring (bicyclic) bond motifs is 2. The van der Waals surface area contributed by atoms with Crippen LogP contribution in [0.15, 0.2) is 12.1 Å². The number of rotatable bonds is 2. The minimum absolute atomic E-state index is 0.178. The summed E-state index contributed by atoms with van der Waals surface area (Å²) in [5.41, 5.74) is 2.96. The second-order valence-electron chi connectivity index (χ2n) is 7.92. The van der Waals surface area contributed by atoms with E-state index in [0.29, 0.717) is 0 Å². The molecule has 3 nitrogen and oxygen atoms in total. The highest BCUT2D eigenvalue weighted by Crippen LogP contribution is 2.53. The molecule has 1 spiro atoms. The van der Waals surface area contributed by atoms with Crippen molar-refractivity contribution in [3.05, 3.63) is 22.7 Å². The van der Waals surface area contributed by atoms with E-state index in [1.54, 1.807) is 7.11 Å². The Kier molecular flexibility index (Phi) is 4.07. The number of nitrogens with one attached hydrogen (secondary N) is 1. The SMILES string of the molecule is COc1ccc(Cl)c2c1N(CC(C)(C)C)CC21CCNCC1. The van der Waals surface area contributed by atoms with E-state index < -0.39 is 0 Å². The molecule has 2 aliphatic heterocycles. The minimum atomic E-state index is 0.178. The fraction of sp³-hybridized carbons (Fsp3) is 0.667. The van der Waals surface area contributed by atoms with Crippen LogP contribution in [0.5, 0.6) is 5.75 Å². The van der Waals surface area contributed by atoms with Gasteiger partial charge in [-0.15, -0.1) is 0 Å². The lowest BCUT2D eigenvalue weighted by Gasteiger charge is -2.36. The Morgan fingerprint density at radius 2 is 1.95 bits per heavy atom. The molecule has 3 rings (SSSR count). The molecule has 0 amide bonds. The van der Waals surface area contributed by atoms with Crippen LogP contribution in [0, 0.1) is 5.41 Å². The molecule has 1 fully saturated rings. The third kappa shape index (κ3) is 2.69. The van der Waals surface area contributed by atoms with Gasteiger partial charge in [0, 0.05) is 29.1 Å². The summed E-state index contributed by atoms with van der Waals surface area (Å²) in [6.07, 6.45) is 2.29. The van der Waals surface area contributed by atoms with Crippen LogP contribution < -0.4 is 15.0 Å². The van der Waals surface area contributed by atoms with Gasteiger partial charge in [0.1, 0.15) is 5.75 Å². The van der Waals surface area contributed by atoms with Crippen LogP contribution in [0.3, 0.4) is 0 Å². The maximum Gasteiger partial charge on any atom is 0.142 e. The van der Waals surface area contributed by atoms with Crippen molar-refractivity contribution in [1.82, 2.24) is 5.32 Å². The number of anilines is 1. The molecule has 1 saturated heterocycles. The smallest absolute Gasteiger partial charge is 0.142 e. The van der Waals surface area contributed by atoms with Gasteiger partial charge in [0.2, 0.25) is 0 Å². The highest BCUT2D eigenvalue weighted by molar-refractivity contribution is 6.32. The van der Waals surface area contributed by atoms with Gasteiger partial charge < -0.3 is 15.0 Å². The zero-order valence-electron chi connectivity index (χ0n) is 14.1. The predicted molar refractivity (Wildman–Crippen MR) is 93.5 cm³/mol. The van der Waals surface area contributed by atoms with Crippen molar-refractivity contribution in [3.8, 4) is 5.75 Å². The summed E-state index contributed by atoms with van der Waals surface area (Å²) in [6.45, 7) is 11.1. The molecule has 0 radical (unpaired) electrons. The average Bonchev–Trinajstić information content (AvgIpc) is 2.73. The fourth-order valence-corrected chi connectivity index (χ4v) is 4.43. The number of ether oxygens (including phenoxy) is 1. The van der Waals surface area contributed by atoms with Gasteiger partial charge in [0.15, 0.2) is 0 Å². The van der Waals surface area contributed by atoms with Crippen molar-refractivity contribution in [1.29, 1.82) is 0 Å². The highest BCUT2D eigenvalue weighted by Gasteiger charge is 2.46. The van der Waals surface area contributed by atoms with Crippen molar-refractivity contribution in [3.63, 3.8) is 0 Å². The summed E-state index contributed by atoms with van der Waals surface area (Å²) in [6, 6.07) is 4.01. The Morgan fingerprint density at radius 1 is 1.27 bits per heavy atom. The lowest BCUT2D eigenvalue weighted by Crippen LogP contribution is -2.44. The number of piperidine rings is 1. The lowest BCUT2D eigenvalue weighted by atomic mass is 9.74. The quantitative estimate of drug-likeness (QED) is 0.895. The number of methoxy groups -OCH3 is 1. The largest absolute Gasteiger partial charge is 0.495 e. The first-order chi connectivity index (χ1) is 10.4. The van der Waals surface area contributed by atoms with Crippen LogP contribution in [-0.2, 0) is 5.41 Å². The van der Waals surface area contributed by atoms with E-state index in [2.05, 4.69) is 31.0 Å². The lowest BCUT2D eigenvalue weighted by molar-refractivity contribution is 0.315. The molecule has 0 atom stereocenters. The summed E-state index contributed by atoms with van der Waals surface area (Å²) < 4.78 is 5.67. The molecule has 0 aromatic heterocycles. The maximum absolute atomic E-state index is 6.66. The average molecular weight is 323 g/mol. The van der Waals surface area contributed by atoms with E-state index in [4.69, 9.17) is 16.3 Å². The number of benzene rings is 1. The van der Waals surface area contributed by atoms with Crippen molar-refractivity contribution in [2.24, 2.45) is 5.41 Å². The number of halogens is 1. The molecule has 1 aromatic rings. The molecule has 1 N–H and O–H groups in total. The summed E-state index contributed by atoms with van der Waals surface area (Å²) >= 11 is 6.66. The standard InChI is InChI=1S/C18H27ClN2O/c1-17(2,3)11-21-12-18(7-9-20-10-8-18)15-13(19)5-6-14(22-4)16(15)21/h5-6,20H,7-12H2,1-4H3. The molecular formula is C18H27ClN2O. The predicted octanol–water partition coefficient (Wildman–Crippen LogP) is 3.84. The Bertz CT molecular complexity index is 559. The van der Waals surface area contributed by atoms with Crippen LogP contribution in [0.4, 0.5) is 5.69 Å². The number of hydrogen-bond acceptors (Lipinski definition) is 3. The van der Waals surface area contributed by atoms with Crippen molar-refractivity contribution in [2.45, 2.75) is 39.0 Å². The van der Waals surface area contributed by atoms with Gasteiger partial charge in [0.05, 0.1) is 12.8 Å². The van der Waals surface area contributed by atoms with Gasteiger partial charge in [0.25, 0.3) is 0 Å². The third-order valence-electron chi connectivity index (χ3n) is 4.88. The maximum atomic E-state index is 6.66. The van der Waals surface area contributed by atoms with Crippen LogP contribution >= 0.6 is 11.6 Å². The summed E-state index contributed by atoms with van der Waals surface area (Å²) in [5, 5.41) is 4.38. The van der Waals surface area contributed by atoms with Crippen LogP contribution in [0.2, 0.25) is 5.02 Å². The van der Waals surface area contributed by atoms with Crippen molar-refractivity contribution < 1.29 is 4.74 Å². The molecule has 4 heteroatoms. The Labute approximate surface area is 139 Å². The van der Waals surface area contributed by atoms with E-state index in [9.17, 15) is 0 Å². The van der Waals surface area contributed by atoms with Crippen molar-refractivity contribution in [2.75, 3.05) is 38.2 Å². The molecule has 0 unspecified atom stereocenters. The molecule has 22 heavy (non-hydrogen) atoms.